The standard InChI is InChI=1S/C22H20N4O/c1-3-8-18(9-4-1)16-26(19-10-5-2-6-11-19)22-14-21(24-17-25-22)23-15-20-12-7-13-27-20/h1-14,17H,15-16H2,(H,23,24,25). The number of hydrogen-bond donors (Lipinski definition) is 1. The van der Waals surface area contributed by atoms with Gasteiger partial charge in [0.2, 0.25) is 0 Å². The van der Waals surface area contributed by atoms with Crippen LogP contribution in [0.5, 0.6) is 0 Å². The Kier molecular flexibility index (Phi) is 5.11. The fraction of sp³-hybridized carbons (Fsp3) is 0.0909. The highest BCUT2D eigenvalue weighted by Gasteiger charge is 2.12. The van der Waals surface area contributed by atoms with E-state index in [0.29, 0.717) is 6.54 Å². The van der Waals surface area contributed by atoms with Gasteiger partial charge in [-0.25, -0.2) is 9.97 Å². The van der Waals surface area contributed by atoms with E-state index in [-0.39, 0.29) is 0 Å². The van der Waals surface area contributed by atoms with Gasteiger partial charge in [0.1, 0.15) is 23.7 Å². The van der Waals surface area contributed by atoms with Gasteiger partial charge in [-0.1, -0.05) is 48.5 Å². The summed E-state index contributed by atoms with van der Waals surface area (Å²) >= 11 is 0. The first-order valence-electron chi connectivity index (χ1n) is 8.83. The number of para-hydroxylation sites is 1. The summed E-state index contributed by atoms with van der Waals surface area (Å²) in [5, 5.41) is 3.29. The summed E-state index contributed by atoms with van der Waals surface area (Å²) in [5.74, 6) is 2.45. The quantitative estimate of drug-likeness (QED) is 0.504. The minimum absolute atomic E-state index is 0.577. The van der Waals surface area contributed by atoms with E-state index in [1.54, 1.807) is 12.6 Å². The second-order valence-electron chi connectivity index (χ2n) is 6.10. The molecule has 4 rings (SSSR count). The lowest BCUT2D eigenvalue weighted by atomic mass is 10.2. The summed E-state index contributed by atoms with van der Waals surface area (Å²) in [6.45, 7) is 1.30. The number of anilines is 3. The van der Waals surface area contributed by atoms with Crippen LogP contribution in [0.2, 0.25) is 0 Å². The SMILES string of the molecule is c1ccc(CN(c2ccccc2)c2cc(NCc3ccco3)ncn2)cc1. The van der Waals surface area contributed by atoms with E-state index >= 15 is 0 Å². The molecule has 0 aliphatic rings. The highest BCUT2D eigenvalue weighted by molar-refractivity contribution is 5.62. The summed E-state index contributed by atoms with van der Waals surface area (Å²) in [4.78, 5) is 11.0. The van der Waals surface area contributed by atoms with Crippen LogP contribution < -0.4 is 10.2 Å². The summed E-state index contributed by atoms with van der Waals surface area (Å²) in [7, 11) is 0. The molecule has 1 N–H and O–H groups in total. The van der Waals surface area contributed by atoms with Crippen LogP contribution in [0.25, 0.3) is 0 Å². The van der Waals surface area contributed by atoms with E-state index in [4.69, 9.17) is 4.42 Å². The Bertz CT molecular complexity index is 956. The molecular weight excluding hydrogens is 336 g/mol. The van der Waals surface area contributed by atoms with Gasteiger partial charge in [-0.15, -0.1) is 0 Å². The van der Waals surface area contributed by atoms with Crippen LogP contribution in [-0.4, -0.2) is 9.97 Å². The fourth-order valence-corrected chi connectivity index (χ4v) is 2.86. The largest absolute Gasteiger partial charge is 0.467 e. The van der Waals surface area contributed by atoms with Gasteiger partial charge in [-0.05, 0) is 29.8 Å². The van der Waals surface area contributed by atoms with E-state index in [9.17, 15) is 0 Å². The molecular formula is C22H20N4O. The maximum atomic E-state index is 5.36. The molecule has 0 bridgehead atoms. The van der Waals surface area contributed by atoms with Crippen molar-refractivity contribution in [2.45, 2.75) is 13.1 Å². The molecule has 0 atom stereocenters. The van der Waals surface area contributed by atoms with Crippen LogP contribution in [0, 0.1) is 0 Å². The molecule has 2 aromatic carbocycles. The second kappa shape index (κ2) is 8.19. The van der Waals surface area contributed by atoms with Crippen molar-refractivity contribution in [3.63, 3.8) is 0 Å². The van der Waals surface area contributed by atoms with Crippen molar-refractivity contribution in [3.05, 3.63) is 103 Å². The zero-order chi connectivity index (χ0) is 18.3. The average molecular weight is 356 g/mol. The lowest BCUT2D eigenvalue weighted by molar-refractivity contribution is 0.518. The van der Waals surface area contributed by atoms with Gasteiger partial charge in [0.25, 0.3) is 0 Å². The lowest BCUT2D eigenvalue weighted by Crippen LogP contribution is -2.18. The van der Waals surface area contributed by atoms with Crippen molar-refractivity contribution in [2.24, 2.45) is 0 Å². The van der Waals surface area contributed by atoms with Crippen LogP contribution in [0.15, 0.2) is 95.9 Å². The predicted molar refractivity (Wildman–Crippen MR) is 107 cm³/mol. The van der Waals surface area contributed by atoms with E-state index < -0.39 is 0 Å². The van der Waals surface area contributed by atoms with E-state index in [1.165, 1.54) is 5.56 Å². The van der Waals surface area contributed by atoms with Gasteiger partial charge in [-0.3, -0.25) is 0 Å². The van der Waals surface area contributed by atoms with Crippen molar-refractivity contribution >= 4 is 17.3 Å². The Morgan fingerprint density at radius 1 is 0.852 bits per heavy atom. The maximum absolute atomic E-state index is 5.36. The number of furan rings is 1. The third kappa shape index (κ3) is 4.33. The monoisotopic (exact) mass is 356 g/mol. The number of nitrogens with one attached hydrogen (secondary N) is 1. The molecule has 0 unspecified atom stereocenters. The van der Waals surface area contributed by atoms with Crippen LogP contribution in [0.4, 0.5) is 17.3 Å². The van der Waals surface area contributed by atoms with Crippen molar-refractivity contribution < 1.29 is 4.42 Å². The molecule has 134 valence electrons. The van der Waals surface area contributed by atoms with Crippen molar-refractivity contribution in [3.8, 4) is 0 Å². The van der Waals surface area contributed by atoms with Gasteiger partial charge in [0, 0.05) is 18.3 Å². The first-order chi connectivity index (χ1) is 13.4. The van der Waals surface area contributed by atoms with Crippen molar-refractivity contribution in [1.82, 2.24) is 9.97 Å². The number of aromatic nitrogens is 2. The lowest BCUT2D eigenvalue weighted by Gasteiger charge is -2.24. The Labute approximate surface area is 158 Å². The number of rotatable bonds is 7. The number of nitrogens with zero attached hydrogens (tertiary/aromatic N) is 3. The molecule has 2 heterocycles. The van der Waals surface area contributed by atoms with E-state index in [1.807, 2.05) is 42.5 Å². The molecule has 0 fully saturated rings. The molecule has 2 aromatic heterocycles. The van der Waals surface area contributed by atoms with Gasteiger partial charge < -0.3 is 14.6 Å². The molecule has 4 aromatic rings. The van der Waals surface area contributed by atoms with Crippen LogP contribution in [0.1, 0.15) is 11.3 Å². The Morgan fingerprint density at radius 2 is 1.63 bits per heavy atom. The fourth-order valence-electron chi connectivity index (χ4n) is 2.86. The van der Waals surface area contributed by atoms with Crippen molar-refractivity contribution in [1.29, 1.82) is 0 Å². The summed E-state index contributed by atoms with van der Waals surface area (Å²) in [6.07, 6.45) is 3.25. The third-order valence-corrected chi connectivity index (χ3v) is 4.20. The molecule has 5 nitrogen and oxygen atoms in total. The molecule has 0 aliphatic carbocycles. The van der Waals surface area contributed by atoms with Crippen LogP contribution in [0.3, 0.4) is 0 Å². The minimum atomic E-state index is 0.577. The summed E-state index contributed by atoms with van der Waals surface area (Å²) in [5.41, 5.74) is 2.29. The summed E-state index contributed by atoms with van der Waals surface area (Å²) in [6, 6.07) is 26.4. The predicted octanol–water partition coefficient (Wildman–Crippen LogP) is 5.02. The van der Waals surface area contributed by atoms with Crippen LogP contribution in [-0.2, 0) is 13.1 Å². The van der Waals surface area contributed by atoms with Gasteiger partial charge in [-0.2, -0.15) is 0 Å². The average Bonchev–Trinajstić information content (AvgIpc) is 3.26. The molecule has 0 radical (unpaired) electrons. The highest BCUT2D eigenvalue weighted by atomic mass is 16.3. The zero-order valence-corrected chi connectivity index (χ0v) is 14.8. The van der Waals surface area contributed by atoms with E-state index in [2.05, 4.69) is 56.6 Å². The molecule has 5 heteroatoms. The zero-order valence-electron chi connectivity index (χ0n) is 14.8. The number of benzene rings is 2. The van der Waals surface area contributed by atoms with Crippen LogP contribution >= 0.6 is 0 Å². The first kappa shape index (κ1) is 16.8. The molecule has 0 saturated heterocycles. The topological polar surface area (TPSA) is 54.2 Å². The Balaban J connectivity index is 1.60. The Morgan fingerprint density at radius 3 is 2.37 bits per heavy atom. The number of hydrogen-bond acceptors (Lipinski definition) is 5. The summed E-state index contributed by atoms with van der Waals surface area (Å²) < 4.78 is 5.36. The second-order valence-corrected chi connectivity index (χ2v) is 6.10. The first-order valence-corrected chi connectivity index (χ1v) is 8.83. The molecule has 0 spiro atoms. The highest BCUT2D eigenvalue weighted by Crippen LogP contribution is 2.26. The maximum Gasteiger partial charge on any atom is 0.138 e. The molecule has 0 saturated carbocycles. The minimum Gasteiger partial charge on any atom is -0.467 e. The van der Waals surface area contributed by atoms with Gasteiger partial charge in [0.05, 0.1) is 12.8 Å². The van der Waals surface area contributed by atoms with Gasteiger partial charge >= 0.3 is 0 Å². The third-order valence-electron chi connectivity index (χ3n) is 4.20. The van der Waals surface area contributed by atoms with Gasteiger partial charge in [0.15, 0.2) is 0 Å². The smallest absolute Gasteiger partial charge is 0.138 e. The molecule has 0 aliphatic heterocycles. The normalized spacial score (nSPS) is 10.5. The Hall–Kier alpha value is -3.60. The molecule has 27 heavy (non-hydrogen) atoms. The molecule has 0 amide bonds. The van der Waals surface area contributed by atoms with E-state index in [0.717, 1.165) is 29.6 Å². The van der Waals surface area contributed by atoms with Crippen molar-refractivity contribution in [2.75, 3.05) is 10.2 Å².